The fourth-order valence-corrected chi connectivity index (χ4v) is 4.03. The summed E-state index contributed by atoms with van der Waals surface area (Å²) in [5.41, 5.74) is 0.776. The summed E-state index contributed by atoms with van der Waals surface area (Å²) in [6.45, 7) is 7.09. The highest BCUT2D eigenvalue weighted by molar-refractivity contribution is 6.32. The van der Waals surface area contributed by atoms with Crippen LogP contribution < -0.4 is 9.47 Å². The SMILES string of the molecule is COc1cc(/C=C/C(=O)N(Cc2ccco2)C2CCN(C)CC2)cc(Cl)c1OCC(C)C. The molecule has 3 rings (SSSR count). The monoisotopic (exact) mass is 460 g/mol. The van der Waals surface area contributed by atoms with Crippen molar-refractivity contribution >= 4 is 23.6 Å². The Labute approximate surface area is 195 Å². The molecule has 0 N–H and O–H groups in total. The number of methoxy groups -OCH3 is 1. The molecule has 1 aliphatic heterocycles. The van der Waals surface area contributed by atoms with E-state index in [-0.39, 0.29) is 11.9 Å². The van der Waals surface area contributed by atoms with E-state index in [2.05, 4.69) is 25.8 Å². The van der Waals surface area contributed by atoms with Crippen LogP contribution in [0.1, 0.15) is 38.0 Å². The number of furan rings is 1. The van der Waals surface area contributed by atoms with Crippen LogP contribution in [0, 0.1) is 5.92 Å². The van der Waals surface area contributed by atoms with Gasteiger partial charge in [0, 0.05) is 12.1 Å². The van der Waals surface area contributed by atoms with Crippen molar-refractivity contribution in [2.75, 3.05) is 33.9 Å². The predicted octanol–water partition coefficient (Wildman–Crippen LogP) is 5.11. The zero-order valence-electron chi connectivity index (χ0n) is 19.3. The van der Waals surface area contributed by atoms with Crippen molar-refractivity contribution in [2.45, 2.75) is 39.3 Å². The standard InChI is InChI=1S/C25H33ClN2O4/c1-18(2)17-32-25-22(26)14-19(15-23(25)30-4)7-8-24(29)28(16-21-6-5-13-31-21)20-9-11-27(3)12-10-20/h5-8,13-15,18,20H,9-12,16-17H2,1-4H3/b8-7+. The predicted molar refractivity (Wildman–Crippen MR) is 127 cm³/mol. The maximum Gasteiger partial charge on any atom is 0.247 e. The Balaban J connectivity index is 1.77. The lowest BCUT2D eigenvalue weighted by Crippen LogP contribution is -2.45. The molecular formula is C25H33ClN2O4. The van der Waals surface area contributed by atoms with E-state index in [1.165, 1.54) is 0 Å². The molecule has 1 aliphatic rings. The maximum atomic E-state index is 13.2. The quantitative estimate of drug-likeness (QED) is 0.486. The molecule has 2 aromatic rings. The van der Waals surface area contributed by atoms with E-state index in [1.807, 2.05) is 23.1 Å². The van der Waals surface area contributed by atoms with Crippen molar-refractivity contribution < 1.29 is 18.7 Å². The van der Waals surface area contributed by atoms with Crippen LogP contribution in [0.25, 0.3) is 6.08 Å². The Morgan fingerprint density at radius 1 is 1.34 bits per heavy atom. The Bertz CT molecular complexity index is 903. The second-order valence-electron chi connectivity index (χ2n) is 8.65. The molecule has 1 aromatic heterocycles. The maximum absolute atomic E-state index is 13.2. The summed E-state index contributed by atoms with van der Waals surface area (Å²) in [5, 5.41) is 0.458. The first-order chi connectivity index (χ1) is 15.4. The van der Waals surface area contributed by atoms with Crippen molar-refractivity contribution in [3.05, 3.63) is 53.0 Å². The Kier molecular flexibility index (Phi) is 8.65. The van der Waals surface area contributed by atoms with Gasteiger partial charge in [-0.25, -0.2) is 0 Å². The summed E-state index contributed by atoms with van der Waals surface area (Å²) in [4.78, 5) is 17.4. The van der Waals surface area contributed by atoms with E-state index in [0.29, 0.717) is 35.6 Å². The van der Waals surface area contributed by atoms with Gasteiger partial charge >= 0.3 is 0 Å². The number of rotatable bonds is 9. The Morgan fingerprint density at radius 3 is 2.72 bits per heavy atom. The molecule has 6 nitrogen and oxygen atoms in total. The molecule has 32 heavy (non-hydrogen) atoms. The third kappa shape index (κ3) is 6.53. The molecule has 2 heterocycles. The number of piperidine rings is 1. The number of ether oxygens (including phenoxy) is 2. The molecule has 1 amide bonds. The van der Waals surface area contributed by atoms with E-state index in [4.69, 9.17) is 25.5 Å². The van der Waals surface area contributed by atoms with Gasteiger partial charge in [0.2, 0.25) is 5.91 Å². The summed E-state index contributed by atoms with van der Waals surface area (Å²) in [5.74, 6) is 2.17. The summed E-state index contributed by atoms with van der Waals surface area (Å²) in [6.07, 6.45) is 6.89. The Morgan fingerprint density at radius 2 is 2.09 bits per heavy atom. The van der Waals surface area contributed by atoms with Gasteiger partial charge in [0.05, 0.1) is 31.5 Å². The number of hydrogen-bond acceptors (Lipinski definition) is 5. The molecule has 0 saturated carbocycles. The fraction of sp³-hybridized carbons (Fsp3) is 0.480. The van der Waals surface area contributed by atoms with Crippen molar-refractivity contribution in [1.29, 1.82) is 0 Å². The number of benzene rings is 1. The van der Waals surface area contributed by atoms with Gasteiger partial charge in [-0.15, -0.1) is 0 Å². The lowest BCUT2D eigenvalue weighted by Gasteiger charge is -2.36. The first-order valence-electron chi connectivity index (χ1n) is 11.1. The number of carbonyl (C=O) groups excluding carboxylic acids is 1. The van der Waals surface area contributed by atoms with Gasteiger partial charge in [-0.1, -0.05) is 25.4 Å². The number of nitrogens with zero attached hydrogens (tertiary/aromatic N) is 2. The number of halogens is 1. The van der Waals surface area contributed by atoms with Gasteiger partial charge < -0.3 is 23.7 Å². The molecule has 0 unspecified atom stereocenters. The van der Waals surface area contributed by atoms with Crippen molar-refractivity contribution in [3.8, 4) is 11.5 Å². The Hall–Kier alpha value is -2.44. The van der Waals surface area contributed by atoms with Gasteiger partial charge in [0.1, 0.15) is 5.76 Å². The summed E-state index contributed by atoms with van der Waals surface area (Å²) in [7, 11) is 3.69. The number of likely N-dealkylation sites (tertiary alicyclic amines) is 1. The second kappa shape index (κ2) is 11.4. The molecule has 0 bridgehead atoms. The molecule has 0 radical (unpaired) electrons. The molecule has 0 atom stereocenters. The van der Waals surface area contributed by atoms with E-state index in [0.717, 1.165) is 37.3 Å². The minimum atomic E-state index is -0.0498. The lowest BCUT2D eigenvalue weighted by atomic mass is 10.0. The highest BCUT2D eigenvalue weighted by Crippen LogP contribution is 2.37. The summed E-state index contributed by atoms with van der Waals surface area (Å²) in [6, 6.07) is 7.55. The molecule has 1 aromatic carbocycles. The van der Waals surface area contributed by atoms with Crippen LogP contribution in [-0.2, 0) is 11.3 Å². The van der Waals surface area contributed by atoms with E-state index >= 15 is 0 Å². The smallest absolute Gasteiger partial charge is 0.247 e. The van der Waals surface area contributed by atoms with Crippen LogP contribution >= 0.6 is 11.6 Å². The third-order valence-corrected chi connectivity index (χ3v) is 5.83. The molecule has 0 spiro atoms. The largest absolute Gasteiger partial charge is 0.493 e. The first-order valence-corrected chi connectivity index (χ1v) is 11.4. The molecule has 7 heteroatoms. The van der Waals surface area contributed by atoms with Crippen LogP contribution in [0.2, 0.25) is 5.02 Å². The minimum absolute atomic E-state index is 0.0498. The van der Waals surface area contributed by atoms with E-state index in [1.54, 1.807) is 31.6 Å². The summed E-state index contributed by atoms with van der Waals surface area (Å²) >= 11 is 6.45. The average Bonchev–Trinajstić information content (AvgIpc) is 3.28. The summed E-state index contributed by atoms with van der Waals surface area (Å²) < 4.78 is 16.8. The molecule has 1 fully saturated rings. The molecule has 0 aliphatic carbocycles. The zero-order chi connectivity index (χ0) is 23.1. The topological polar surface area (TPSA) is 55.2 Å². The average molecular weight is 461 g/mol. The second-order valence-corrected chi connectivity index (χ2v) is 9.06. The fourth-order valence-electron chi connectivity index (χ4n) is 3.75. The third-order valence-electron chi connectivity index (χ3n) is 5.55. The van der Waals surface area contributed by atoms with Crippen LogP contribution in [0.5, 0.6) is 11.5 Å². The van der Waals surface area contributed by atoms with Gasteiger partial charge in [0.15, 0.2) is 11.5 Å². The van der Waals surface area contributed by atoms with Gasteiger partial charge in [0.25, 0.3) is 0 Å². The van der Waals surface area contributed by atoms with Gasteiger partial charge in [-0.2, -0.15) is 0 Å². The van der Waals surface area contributed by atoms with Crippen molar-refractivity contribution in [2.24, 2.45) is 5.92 Å². The lowest BCUT2D eigenvalue weighted by molar-refractivity contribution is -0.130. The van der Waals surface area contributed by atoms with Crippen LogP contribution in [0.15, 0.2) is 41.0 Å². The number of hydrogen-bond donors (Lipinski definition) is 0. The number of carbonyl (C=O) groups is 1. The highest BCUT2D eigenvalue weighted by atomic mass is 35.5. The van der Waals surface area contributed by atoms with E-state index in [9.17, 15) is 4.79 Å². The zero-order valence-corrected chi connectivity index (χ0v) is 20.1. The van der Waals surface area contributed by atoms with E-state index < -0.39 is 0 Å². The highest BCUT2D eigenvalue weighted by Gasteiger charge is 2.26. The molecule has 1 saturated heterocycles. The van der Waals surface area contributed by atoms with Gasteiger partial charge in [-0.05, 0) is 74.8 Å². The van der Waals surface area contributed by atoms with Crippen LogP contribution in [0.4, 0.5) is 0 Å². The number of amides is 1. The van der Waals surface area contributed by atoms with Crippen molar-refractivity contribution in [1.82, 2.24) is 9.80 Å². The van der Waals surface area contributed by atoms with Crippen LogP contribution in [-0.4, -0.2) is 55.6 Å². The molecular weight excluding hydrogens is 428 g/mol. The normalized spacial score (nSPS) is 15.4. The minimum Gasteiger partial charge on any atom is -0.493 e. The van der Waals surface area contributed by atoms with Gasteiger partial charge in [-0.3, -0.25) is 4.79 Å². The first kappa shape index (κ1) is 24.2. The van der Waals surface area contributed by atoms with Crippen LogP contribution in [0.3, 0.4) is 0 Å². The van der Waals surface area contributed by atoms with Crippen molar-refractivity contribution in [3.63, 3.8) is 0 Å². The molecule has 174 valence electrons.